The van der Waals surface area contributed by atoms with E-state index in [9.17, 15) is 9.59 Å². The first-order chi connectivity index (χ1) is 11.1. The van der Waals surface area contributed by atoms with Gasteiger partial charge in [0.2, 0.25) is 11.8 Å². The number of carbonyl (C=O) groups excluding carboxylic acids is 2. The molecule has 0 saturated carbocycles. The molecule has 1 aromatic heterocycles. The highest BCUT2D eigenvalue weighted by Gasteiger charge is 2.32. The van der Waals surface area contributed by atoms with Crippen LogP contribution in [0.3, 0.4) is 0 Å². The van der Waals surface area contributed by atoms with Crippen LogP contribution in [0.1, 0.15) is 28.5 Å². The van der Waals surface area contributed by atoms with Crippen LogP contribution < -0.4 is 5.32 Å². The van der Waals surface area contributed by atoms with Crippen LogP contribution in [0.4, 0.5) is 0 Å². The predicted molar refractivity (Wildman–Crippen MR) is 91.1 cm³/mol. The van der Waals surface area contributed by atoms with Gasteiger partial charge in [-0.3, -0.25) is 9.59 Å². The van der Waals surface area contributed by atoms with E-state index in [2.05, 4.69) is 5.32 Å². The van der Waals surface area contributed by atoms with Gasteiger partial charge in [0.05, 0.1) is 6.54 Å². The van der Waals surface area contributed by atoms with Crippen molar-refractivity contribution in [1.29, 1.82) is 0 Å². The Kier molecular flexibility index (Phi) is 4.48. The number of thiophene rings is 1. The largest absolute Gasteiger partial charge is 0.349 e. The molecule has 2 aromatic rings. The highest BCUT2D eigenvalue weighted by atomic mass is 32.1. The van der Waals surface area contributed by atoms with E-state index in [0.717, 1.165) is 16.0 Å². The SMILES string of the molecule is CC(=O)N1Cc2ccccc2CC1C(=O)NCc1sccc1C. The molecule has 0 aliphatic carbocycles. The average Bonchev–Trinajstić information content (AvgIpc) is 2.96. The second-order valence-corrected chi connectivity index (χ2v) is 6.88. The number of hydrogen-bond donors (Lipinski definition) is 1. The summed E-state index contributed by atoms with van der Waals surface area (Å²) in [6.07, 6.45) is 0.574. The molecular weight excluding hydrogens is 308 g/mol. The average molecular weight is 328 g/mol. The molecule has 0 fully saturated rings. The van der Waals surface area contributed by atoms with E-state index in [1.54, 1.807) is 16.2 Å². The van der Waals surface area contributed by atoms with E-state index >= 15 is 0 Å². The molecule has 1 aliphatic heterocycles. The van der Waals surface area contributed by atoms with Crippen LogP contribution >= 0.6 is 11.3 Å². The van der Waals surface area contributed by atoms with Gasteiger partial charge < -0.3 is 10.2 Å². The smallest absolute Gasteiger partial charge is 0.243 e. The van der Waals surface area contributed by atoms with Gasteiger partial charge in [0.15, 0.2) is 0 Å². The summed E-state index contributed by atoms with van der Waals surface area (Å²) in [5.74, 6) is -0.144. The Morgan fingerprint density at radius 3 is 2.65 bits per heavy atom. The van der Waals surface area contributed by atoms with E-state index in [1.807, 2.05) is 42.6 Å². The molecule has 3 rings (SSSR count). The maximum absolute atomic E-state index is 12.6. The fraction of sp³-hybridized carbons (Fsp3) is 0.333. The summed E-state index contributed by atoms with van der Waals surface area (Å²) in [6.45, 7) is 4.59. The molecule has 1 unspecified atom stereocenters. The first-order valence-corrected chi connectivity index (χ1v) is 8.59. The molecule has 1 atom stereocenters. The van der Waals surface area contributed by atoms with Crippen molar-refractivity contribution >= 4 is 23.2 Å². The van der Waals surface area contributed by atoms with Crippen LogP contribution in [0.25, 0.3) is 0 Å². The second-order valence-electron chi connectivity index (χ2n) is 5.88. The molecular formula is C18H20N2O2S. The molecule has 2 heterocycles. The summed E-state index contributed by atoms with van der Waals surface area (Å²) in [5, 5.41) is 5.01. The van der Waals surface area contributed by atoms with Gasteiger partial charge in [0, 0.05) is 24.8 Å². The van der Waals surface area contributed by atoms with Crippen molar-refractivity contribution < 1.29 is 9.59 Å². The number of amides is 2. The van der Waals surface area contributed by atoms with Crippen molar-refractivity contribution in [2.75, 3.05) is 0 Å². The number of carbonyl (C=O) groups is 2. The Morgan fingerprint density at radius 2 is 2.00 bits per heavy atom. The molecule has 4 nitrogen and oxygen atoms in total. The summed E-state index contributed by atoms with van der Waals surface area (Å²) in [4.78, 5) is 27.4. The number of fused-ring (bicyclic) bond motifs is 1. The molecule has 5 heteroatoms. The minimum atomic E-state index is -0.428. The van der Waals surface area contributed by atoms with E-state index in [0.29, 0.717) is 19.5 Å². The molecule has 2 amide bonds. The van der Waals surface area contributed by atoms with E-state index in [1.165, 1.54) is 12.5 Å². The standard InChI is InChI=1S/C18H20N2O2S/c1-12-7-8-23-17(12)10-19-18(22)16-9-14-5-3-4-6-15(14)11-20(16)13(2)21/h3-8,16H,9-11H2,1-2H3,(H,19,22). The lowest BCUT2D eigenvalue weighted by Crippen LogP contribution is -2.51. The molecule has 0 bridgehead atoms. The number of nitrogens with zero attached hydrogens (tertiary/aromatic N) is 1. The van der Waals surface area contributed by atoms with E-state index < -0.39 is 6.04 Å². The zero-order valence-electron chi connectivity index (χ0n) is 13.3. The van der Waals surface area contributed by atoms with Gasteiger partial charge in [0.25, 0.3) is 0 Å². The van der Waals surface area contributed by atoms with Crippen LogP contribution in [0, 0.1) is 6.92 Å². The second kappa shape index (κ2) is 6.54. The Hall–Kier alpha value is -2.14. The minimum absolute atomic E-state index is 0.0630. The molecule has 1 N–H and O–H groups in total. The molecule has 0 radical (unpaired) electrons. The van der Waals surface area contributed by atoms with Crippen molar-refractivity contribution in [2.45, 2.75) is 39.4 Å². The number of benzene rings is 1. The zero-order valence-corrected chi connectivity index (χ0v) is 14.2. The van der Waals surface area contributed by atoms with Crippen LogP contribution in [0.2, 0.25) is 0 Å². The lowest BCUT2D eigenvalue weighted by Gasteiger charge is -2.35. The van der Waals surface area contributed by atoms with Crippen LogP contribution in [-0.4, -0.2) is 22.8 Å². The fourth-order valence-electron chi connectivity index (χ4n) is 2.96. The number of aryl methyl sites for hydroxylation is 1. The van der Waals surface area contributed by atoms with Crippen LogP contribution in [-0.2, 0) is 29.1 Å². The van der Waals surface area contributed by atoms with Crippen molar-refractivity contribution in [1.82, 2.24) is 10.2 Å². The maximum Gasteiger partial charge on any atom is 0.243 e. The lowest BCUT2D eigenvalue weighted by molar-refractivity contribution is -0.140. The van der Waals surface area contributed by atoms with Crippen molar-refractivity contribution in [2.24, 2.45) is 0 Å². The van der Waals surface area contributed by atoms with Crippen LogP contribution in [0.5, 0.6) is 0 Å². The van der Waals surface area contributed by atoms with Gasteiger partial charge in [-0.2, -0.15) is 0 Å². The zero-order chi connectivity index (χ0) is 16.4. The third kappa shape index (κ3) is 3.29. The van der Waals surface area contributed by atoms with Gasteiger partial charge in [-0.15, -0.1) is 11.3 Å². The van der Waals surface area contributed by atoms with Gasteiger partial charge >= 0.3 is 0 Å². The topological polar surface area (TPSA) is 49.4 Å². The molecule has 120 valence electrons. The lowest BCUT2D eigenvalue weighted by atomic mass is 9.93. The first-order valence-electron chi connectivity index (χ1n) is 7.71. The Bertz CT molecular complexity index is 738. The third-order valence-electron chi connectivity index (χ3n) is 4.35. The number of nitrogens with one attached hydrogen (secondary N) is 1. The van der Waals surface area contributed by atoms with Crippen LogP contribution in [0.15, 0.2) is 35.7 Å². The monoisotopic (exact) mass is 328 g/mol. The Balaban J connectivity index is 1.75. The molecule has 23 heavy (non-hydrogen) atoms. The van der Waals surface area contributed by atoms with Gasteiger partial charge in [-0.05, 0) is 35.1 Å². The molecule has 1 aliphatic rings. The summed E-state index contributed by atoms with van der Waals surface area (Å²) in [5.41, 5.74) is 3.46. The third-order valence-corrected chi connectivity index (χ3v) is 5.37. The van der Waals surface area contributed by atoms with Crippen molar-refractivity contribution in [3.05, 3.63) is 57.3 Å². The Labute approximate surface area is 140 Å². The predicted octanol–water partition coefficient (Wildman–Crippen LogP) is 2.65. The minimum Gasteiger partial charge on any atom is -0.349 e. The molecule has 0 saturated heterocycles. The van der Waals surface area contributed by atoms with Gasteiger partial charge in [0.1, 0.15) is 6.04 Å². The summed E-state index contributed by atoms with van der Waals surface area (Å²) < 4.78 is 0. The van der Waals surface area contributed by atoms with Gasteiger partial charge in [-0.25, -0.2) is 0 Å². The Morgan fingerprint density at radius 1 is 1.26 bits per heavy atom. The first kappa shape index (κ1) is 15.7. The molecule has 1 aromatic carbocycles. The summed E-state index contributed by atoms with van der Waals surface area (Å²) in [7, 11) is 0. The van der Waals surface area contributed by atoms with E-state index in [4.69, 9.17) is 0 Å². The highest BCUT2D eigenvalue weighted by molar-refractivity contribution is 7.10. The van der Waals surface area contributed by atoms with E-state index in [-0.39, 0.29) is 11.8 Å². The van der Waals surface area contributed by atoms with Gasteiger partial charge in [-0.1, -0.05) is 24.3 Å². The summed E-state index contributed by atoms with van der Waals surface area (Å²) >= 11 is 1.64. The van der Waals surface area contributed by atoms with Crippen molar-refractivity contribution in [3.63, 3.8) is 0 Å². The number of rotatable bonds is 3. The normalized spacial score (nSPS) is 16.8. The van der Waals surface area contributed by atoms with Crippen molar-refractivity contribution in [3.8, 4) is 0 Å². The molecule has 0 spiro atoms. The maximum atomic E-state index is 12.6. The highest BCUT2D eigenvalue weighted by Crippen LogP contribution is 2.24. The number of hydrogen-bond acceptors (Lipinski definition) is 3. The summed E-state index contributed by atoms with van der Waals surface area (Å²) in [6, 6.07) is 9.63. The fourth-order valence-corrected chi connectivity index (χ4v) is 3.80. The quantitative estimate of drug-likeness (QED) is 0.942.